The molecule has 0 radical (unpaired) electrons. The summed E-state index contributed by atoms with van der Waals surface area (Å²) in [5, 5.41) is 3.09. The molecule has 0 aliphatic carbocycles. The maximum Gasteiger partial charge on any atom is 0.338 e. The second-order valence-electron chi connectivity index (χ2n) is 6.12. The third kappa shape index (κ3) is 4.22. The Kier molecular flexibility index (Phi) is 5.78. The van der Waals surface area contributed by atoms with E-state index < -0.39 is 35.7 Å². The number of nitrogens with one attached hydrogen (secondary N) is 1. The highest BCUT2D eigenvalue weighted by molar-refractivity contribution is 5.89. The lowest BCUT2D eigenvalue weighted by Crippen LogP contribution is -2.33. The molecule has 28 heavy (non-hydrogen) atoms. The number of aromatic nitrogens is 2. The first-order valence-electron chi connectivity index (χ1n) is 8.39. The predicted octanol–water partition coefficient (Wildman–Crippen LogP) is 1.60. The Morgan fingerprint density at radius 3 is 2.86 bits per heavy atom. The van der Waals surface area contributed by atoms with Crippen molar-refractivity contribution >= 4 is 5.97 Å². The molecule has 1 aliphatic heterocycles. The van der Waals surface area contributed by atoms with Crippen molar-refractivity contribution in [3.05, 3.63) is 78.9 Å². The van der Waals surface area contributed by atoms with Crippen molar-refractivity contribution in [2.24, 2.45) is 5.28 Å². The molecule has 0 spiro atoms. The fraction of sp³-hybridized carbons (Fsp3) is 0.353. The van der Waals surface area contributed by atoms with Gasteiger partial charge in [-0.25, -0.2) is 9.59 Å². The van der Waals surface area contributed by atoms with Crippen LogP contribution in [0.5, 0.6) is 0 Å². The molecule has 11 nitrogen and oxygen atoms in total. The van der Waals surface area contributed by atoms with Crippen molar-refractivity contribution in [1.29, 1.82) is 0 Å². The molecule has 1 aromatic carbocycles. The number of ether oxygens (including phenoxy) is 2. The minimum atomic E-state index is -0.789. The van der Waals surface area contributed by atoms with Gasteiger partial charge in [0.2, 0.25) is 0 Å². The maximum atomic E-state index is 12.1. The highest BCUT2D eigenvalue weighted by Gasteiger charge is 2.39. The molecule has 0 amide bonds. The molecule has 1 aromatic heterocycles. The molecule has 1 saturated heterocycles. The maximum absolute atomic E-state index is 12.1. The largest absolute Gasteiger partial charge is 0.459 e. The van der Waals surface area contributed by atoms with E-state index in [-0.39, 0.29) is 13.0 Å². The summed E-state index contributed by atoms with van der Waals surface area (Å²) in [7, 11) is 0. The van der Waals surface area contributed by atoms with E-state index in [9.17, 15) is 14.4 Å². The topological polar surface area (TPSA) is 148 Å². The zero-order valence-electron chi connectivity index (χ0n) is 14.8. The van der Waals surface area contributed by atoms with Crippen molar-refractivity contribution in [3.63, 3.8) is 0 Å². The van der Waals surface area contributed by atoms with E-state index in [1.165, 1.54) is 10.8 Å². The number of carbonyl (C=O) groups excluding carboxylic acids is 1. The monoisotopic (exact) mass is 387 g/mol. The highest BCUT2D eigenvalue weighted by atomic mass is 16.7. The van der Waals surface area contributed by atoms with Gasteiger partial charge >= 0.3 is 11.7 Å². The number of azide groups is 1. The van der Waals surface area contributed by atoms with Crippen molar-refractivity contribution in [3.8, 4) is 0 Å². The van der Waals surface area contributed by atoms with Gasteiger partial charge in [0.05, 0.1) is 5.56 Å². The number of aryl methyl sites for hydroxylation is 1. The van der Waals surface area contributed by atoms with E-state index in [4.69, 9.17) is 19.8 Å². The molecular formula is C17H17N5O6. The fourth-order valence-corrected chi connectivity index (χ4v) is 2.83. The van der Waals surface area contributed by atoms with E-state index in [0.717, 1.165) is 0 Å². The third-order valence-electron chi connectivity index (χ3n) is 4.24. The Labute approximate surface area is 158 Å². The normalized spacial score (nSPS) is 21.0. The molecule has 1 unspecified atom stereocenters. The molecule has 0 bridgehead atoms. The average Bonchev–Trinajstić information content (AvgIpc) is 3.10. The van der Waals surface area contributed by atoms with Crippen LogP contribution in [0, 0.1) is 6.92 Å². The second-order valence-corrected chi connectivity index (χ2v) is 6.12. The van der Waals surface area contributed by atoms with Crippen LogP contribution < -0.4 is 11.2 Å². The molecular weight excluding hydrogens is 370 g/mol. The number of nitrogens with zero attached hydrogens (tertiary/aromatic N) is 4. The standard InChI is InChI=1S/C17H17N5O6/c1-10-8-22(17(25)19-15(10)23)14-7-12(28-21-20-18)13(27-14)9-26-16(24)11-5-3-2-4-6-11/h2-6,8,12-14H,7,9H2,1H3,(H,19,23,25)/t12?,13-,14-/m1/s1. The predicted molar refractivity (Wildman–Crippen MR) is 95.3 cm³/mol. The number of aromatic amines is 1. The van der Waals surface area contributed by atoms with E-state index in [1.807, 2.05) is 0 Å². The lowest BCUT2D eigenvalue weighted by molar-refractivity contribution is -0.0679. The minimum Gasteiger partial charge on any atom is -0.459 e. The van der Waals surface area contributed by atoms with E-state index >= 15 is 0 Å². The minimum absolute atomic E-state index is 0.151. The zero-order chi connectivity index (χ0) is 20.1. The number of esters is 1. The lowest BCUT2D eigenvalue weighted by Gasteiger charge is -2.17. The second kappa shape index (κ2) is 8.42. The molecule has 1 fully saturated rings. The molecule has 0 saturated carbocycles. The summed E-state index contributed by atoms with van der Waals surface area (Å²) in [6, 6.07) is 8.40. The van der Waals surface area contributed by atoms with E-state index in [0.29, 0.717) is 11.1 Å². The molecule has 2 aromatic rings. The Morgan fingerprint density at radius 1 is 1.39 bits per heavy atom. The quantitative estimate of drug-likeness (QED) is 0.262. The lowest BCUT2D eigenvalue weighted by atomic mass is 10.2. The van der Waals surface area contributed by atoms with Crippen LogP contribution in [0.4, 0.5) is 0 Å². The summed E-state index contributed by atoms with van der Waals surface area (Å²) >= 11 is 0. The van der Waals surface area contributed by atoms with Crippen molar-refractivity contribution in [2.45, 2.75) is 31.8 Å². The molecule has 2 heterocycles. The van der Waals surface area contributed by atoms with Crippen LogP contribution in [0.2, 0.25) is 0 Å². The first-order chi connectivity index (χ1) is 13.5. The molecule has 1 aliphatic rings. The van der Waals surface area contributed by atoms with Gasteiger partial charge in [0.15, 0.2) is 0 Å². The number of H-pyrrole nitrogens is 1. The number of benzene rings is 1. The van der Waals surface area contributed by atoms with Crippen molar-refractivity contribution in [1.82, 2.24) is 9.55 Å². The third-order valence-corrected chi connectivity index (χ3v) is 4.24. The summed E-state index contributed by atoms with van der Waals surface area (Å²) in [5.41, 5.74) is 8.05. The summed E-state index contributed by atoms with van der Waals surface area (Å²) < 4.78 is 12.2. The molecule has 3 rings (SSSR count). The van der Waals surface area contributed by atoms with Gasteiger partial charge in [0, 0.05) is 23.1 Å². The Hall–Kier alpha value is -3.56. The van der Waals surface area contributed by atoms with Crippen molar-refractivity contribution in [2.75, 3.05) is 6.61 Å². The van der Waals surface area contributed by atoms with Crippen LogP contribution in [-0.2, 0) is 14.3 Å². The summed E-state index contributed by atoms with van der Waals surface area (Å²) in [4.78, 5) is 45.5. The van der Waals surface area contributed by atoms with Crippen molar-refractivity contribution < 1.29 is 19.1 Å². The highest BCUT2D eigenvalue weighted by Crippen LogP contribution is 2.30. The summed E-state index contributed by atoms with van der Waals surface area (Å²) in [6.07, 6.45) is -0.791. The van der Waals surface area contributed by atoms with Crippen LogP contribution in [0.25, 0.3) is 10.4 Å². The van der Waals surface area contributed by atoms with Crippen LogP contribution in [0.15, 0.2) is 51.4 Å². The van der Waals surface area contributed by atoms with Crippen LogP contribution in [0.3, 0.4) is 0 Å². The smallest absolute Gasteiger partial charge is 0.338 e. The zero-order valence-corrected chi connectivity index (χ0v) is 14.8. The first kappa shape index (κ1) is 19.2. The van der Waals surface area contributed by atoms with Crippen LogP contribution >= 0.6 is 0 Å². The van der Waals surface area contributed by atoms with Gasteiger partial charge in [0.25, 0.3) is 5.56 Å². The van der Waals surface area contributed by atoms with Gasteiger partial charge in [0.1, 0.15) is 30.3 Å². The Bertz CT molecular complexity index is 1010. The number of hydrogen-bond acceptors (Lipinski definition) is 7. The molecule has 11 heteroatoms. The van der Waals surface area contributed by atoms with Gasteiger partial charge < -0.3 is 14.3 Å². The average molecular weight is 387 g/mol. The first-order valence-corrected chi connectivity index (χ1v) is 8.39. The Morgan fingerprint density at radius 2 is 2.14 bits per heavy atom. The molecule has 1 N–H and O–H groups in total. The van der Waals surface area contributed by atoms with Gasteiger partial charge in [-0.2, -0.15) is 0 Å². The van der Waals surface area contributed by atoms with Crippen LogP contribution in [0.1, 0.15) is 28.6 Å². The van der Waals surface area contributed by atoms with Gasteiger partial charge in [-0.05, 0) is 24.6 Å². The van der Waals surface area contributed by atoms with E-state index in [1.54, 1.807) is 37.3 Å². The summed E-state index contributed by atoms with van der Waals surface area (Å²) in [5.74, 6) is -0.549. The van der Waals surface area contributed by atoms with Gasteiger partial charge in [-0.3, -0.25) is 14.3 Å². The fourth-order valence-electron chi connectivity index (χ4n) is 2.83. The SMILES string of the molecule is Cc1cn([C@H]2CC(ON=[N+]=[N-])[C@@H](COC(=O)c3ccccc3)O2)c(=O)[nH]c1=O. The van der Waals surface area contributed by atoms with Gasteiger partial charge in [-0.15, -0.1) is 0 Å². The van der Waals surface area contributed by atoms with Gasteiger partial charge in [-0.1, -0.05) is 18.2 Å². The van der Waals surface area contributed by atoms with E-state index in [2.05, 4.69) is 15.2 Å². The number of rotatable bonds is 6. The Balaban J connectivity index is 1.75. The number of carbonyl (C=O) groups is 1. The summed E-state index contributed by atoms with van der Waals surface area (Å²) in [6.45, 7) is 1.38. The molecule has 146 valence electrons. The number of hydrogen-bond donors (Lipinski definition) is 1. The van der Waals surface area contributed by atoms with Crippen LogP contribution in [-0.4, -0.2) is 34.3 Å². The molecule has 3 atom stereocenters.